The molecule has 0 aliphatic heterocycles. The van der Waals surface area contributed by atoms with Gasteiger partial charge in [0.1, 0.15) is 23.9 Å². The predicted molar refractivity (Wildman–Crippen MR) is 118 cm³/mol. The minimum atomic E-state index is -0.231. The van der Waals surface area contributed by atoms with Crippen LogP contribution in [0.25, 0.3) is 16.6 Å². The van der Waals surface area contributed by atoms with Crippen LogP contribution in [-0.2, 0) is 14.3 Å². The number of H-pyrrole nitrogens is 1. The predicted octanol–water partition coefficient (Wildman–Crippen LogP) is 2.62. The Bertz CT molecular complexity index is 1030. The van der Waals surface area contributed by atoms with E-state index in [0.717, 1.165) is 10.9 Å². The second-order valence-corrected chi connectivity index (χ2v) is 5.98. The van der Waals surface area contributed by atoms with Gasteiger partial charge in [-0.3, -0.25) is 9.59 Å². The minimum Gasteiger partial charge on any atom is -0.457 e. The number of rotatable bonds is 8. The highest BCUT2D eigenvalue weighted by molar-refractivity contribution is 6.00. The molecular formula is C21H25N5O4. The molecule has 158 valence electrons. The molecule has 0 atom stereocenters. The number of ether oxygens (including phenoxy) is 2. The molecule has 1 aromatic heterocycles. The average molecular weight is 411 g/mol. The van der Waals surface area contributed by atoms with E-state index in [4.69, 9.17) is 15.2 Å². The van der Waals surface area contributed by atoms with E-state index in [0.29, 0.717) is 40.7 Å². The molecule has 0 fully saturated rings. The van der Waals surface area contributed by atoms with Gasteiger partial charge in [0.15, 0.2) is 0 Å². The Labute approximate surface area is 174 Å². The van der Waals surface area contributed by atoms with Crippen LogP contribution in [0.15, 0.2) is 49.0 Å². The molecule has 0 bridgehead atoms. The van der Waals surface area contributed by atoms with E-state index in [9.17, 15) is 9.59 Å². The molecule has 0 aliphatic rings. The Morgan fingerprint density at radius 3 is 2.43 bits per heavy atom. The van der Waals surface area contributed by atoms with Crippen LogP contribution in [0.2, 0.25) is 0 Å². The molecule has 1 heterocycles. The molecular weight excluding hydrogens is 386 g/mol. The number of amides is 2. The van der Waals surface area contributed by atoms with E-state index in [1.54, 1.807) is 36.4 Å². The lowest BCUT2D eigenvalue weighted by atomic mass is 10.1. The maximum absolute atomic E-state index is 11.5. The lowest BCUT2D eigenvalue weighted by Gasteiger charge is -2.08. The first-order valence-corrected chi connectivity index (χ1v) is 8.97. The van der Waals surface area contributed by atoms with Crippen molar-refractivity contribution in [3.8, 4) is 11.5 Å². The maximum Gasteiger partial charge on any atom is 0.250 e. The van der Waals surface area contributed by atoms with E-state index in [1.807, 2.05) is 6.07 Å². The highest BCUT2D eigenvalue weighted by atomic mass is 16.5. The van der Waals surface area contributed by atoms with Crippen LogP contribution in [0.5, 0.6) is 11.5 Å². The number of carbonyl (C=O) groups excluding carboxylic acids is 2. The largest absolute Gasteiger partial charge is 0.457 e. The summed E-state index contributed by atoms with van der Waals surface area (Å²) < 4.78 is 10.6. The zero-order chi connectivity index (χ0) is 22.1. The SMILES string of the molecule is C=C(N)c1c(NC=O)[nH]c2cc(Oc3ccc(NC(=O)COC)cc3)ccc12.CN. The number of aromatic nitrogens is 1. The highest BCUT2D eigenvalue weighted by Crippen LogP contribution is 2.33. The Morgan fingerprint density at radius 2 is 1.83 bits per heavy atom. The number of anilines is 2. The lowest BCUT2D eigenvalue weighted by Crippen LogP contribution is -2.16. The molecule has 3 rings (SSSR count). The number of aromatic amines is 1. The van der Waals surface area contributed by atoms with Crippen molar-refractivity contribution in [3.63, 3.8) is 0 Å². The fourth-order valence-corrected chi connectivity index (χ4v) is 2.81. The normalized spacial score (nSPS) is 9.97. The van der Waals surface area contributed by atoms with Gasteiger partial charge in [0, 0.05) is 35.5 Å². The number of hydrogen-bond donors (Lipinski definition) is 5. The van der Waals surface area contributed by atoms with Gasteiger partial charge in [0.2, 0.25) is 12.3 Å². The number of hydrogen-bond acceptors (Lipinski definition) is 6. The first-order chi connectivity index (χ1) is 14.5. The molecule has 30 heavy (non-hydrogen) atoms. The molecule has 0 saturated carbocycles. The summed E-state index contributed by atoms with van der Waals surface area (Å²) in [6.07, 6.45) is 0.571. The highest BCUT2D eigenvalue weighted by Gasteiger charge is 2.13. The quantitative estimate of drug-likeness (QED) is 0.360. The topological polar surface area (TPSA) is 144 Å². The molecule has 0 aliphatic carbocycles. The summed E-state index contributed by atoms with van der Waals surface area (Å²) in [4.78, 5) is 25.4. The van der Waals surface area contributed by atoms with Crippen LogP contribution in [0.1, 0.15) is 5.56 Å². The third-order valence-corrected chi connectivity index (χ3v) is 3.94. The summed E-state index contributed by atoms with van der Waals surface area (Å²) in [6, 6.07) is 12.4. The number of methoxy groups -OCH3 is 1. The van der Waals surface area contributed by atoms with Crippen molar-refractivity contribution >= 4 is 40.4 Å². The van der Waals surface area contributed by atoms with Gasteiger partial charge in [0.25, 0.3) is 0 Å². The van der Waals surface area contributed by atoms with Gasteiger partial charge in [-0.05, 0) is 43.4 Å². The van der Waals surface area contributed by atoms with E-state index < -0.39 is 0 Å². The first kappa shape index (κ1) is 22.5. The summed E-state index contributed by atoms with van der Waals surface area (Å²) in [7, 11) is 2.96. The summed E-state index contributed by atoms with van der Waals surface area (Å²) in [6.45, 7) is 3.75. The lowest BCUT2D eigenvalue weighted by molar-refractivity contribution is -0.119. The molecule has 0 radical (unpaired) electrons. The van der Waals surface area contributed by atoms with Gasteiger partial charge >= 0.3 is 0 Å². The summed E-state index contributed by atoms with van der Waals surface area (Å²) in [5, 5.41) is 6.12. The summed E-state index contributed by atoms with van der Waals surface area (Å²) in [5.41, 5.74) is 12.7. The van der Waals surface area contributed by atoms with Crippen molar-refractivity contribution in [2.75, 3.05) is 31.4 Å². The van der Waals surface area contributed by atoms with Crippen molar-refractivity contribution in [2.24, 2.45) is 11.5 Å². The second kappa shape index (κ2) is 10.6. The smallest absolute Gasteiger partial charge is 0.250 e. The monoisotopic (exact) mass is 411 g/mol. The molecule has 0 unspecified atom stereocenters. The molecule has 2 amide bonds. The second-order valence-electron chi connectivity index (χ2n) is 5.98. The first-order valence-electron chi connectivity index (χ1n) is 8.97. The van der Waals surface area contributed by atoms with Gasteiger partial charge in [-0.2, -0.15) is 0 Å². The molecule has 2 aromatic carbocycles. The maximum atomic E-state index is 11.5. The number of nitrogens with two attached hydrogens (primary N) is 2. The number of carbonyl (C=O) groups is 2. The Kier molecular flexibility index (Phi) is 7.98. The van der Waals surface area contributed by atoms with Crippen molar-refractivity contribution in [3.05, 3.63) is 54.6 Å². The summed E-state index contributed by atoms with van der Waals surface area (Å²) in [5.74, 6) is 1.44. The Hall–Kier alpha value is -3.82. The van der Waals surface area contributed by atoms with Crippen molar-refractivity contribution in [2.45, 2.75) is 0 Å². The Balaban J connectivity index is 0.00000155. The van der Waals surface area contributed by atoms with E-state index in [2.05, 4.69) is 27.9 Å². The average Bonchev–Trinajstić information content (AvgIpc) is 3.09. The third-order valence-electron chi connectivity index (χ3n) is 3.94. The van der Waals surface area contributed by atoms with E-state index >= 15 is 0 Å². The van der Waals surface area contributed by atoms with Crippen LogP contribution >= 0.6 is 0 Å². The van der Waals surface area contributed by atoms with Crippen molar-refractivity contribution < 1.29 is 19.1 Å². The molecule has 0 saturated heterocycles. The van der Waals surface area contributed by atoms with Gasteiger partial charge in [-0.15, -0.1) is 0 Å². The van der Waals surface area contributed by atoms with E-state index in [-0.39, 0.29) is 12.5 Å². The van der Waals surface area contributed by atoms with Gasteiger partial charge in [0.05, 0.1) is 5.52 Å². The van der Waals surface area contributed by atoms with Crippen LogP contribution < -0.4 is 26.8 Å². The third kappa shape index (κ3) is 5.37. The van der Waals surface area contributed by atoms with Gasteiger partial charge < -0.3 is 36.6 Å². The van der Waals surface area contributed by atoms with Crippen molar-refractivity contribution in [1.29, 1.82) is 0 Å². The molecule has 7 N–H and O–H groups in total. The zero-order valence-corrected chi connectivity index (χ0v) is 16.8. The van der Waals surface area contributed by atoms with Crippen LogP contribution in [-0.4, -0.2) is 38.1 Å². The molecule has 0 spiro atoms. The number of benzene rings is 2. The molecule has 9 nitrogen and oxygen atoms in total. The van der Waals surface area contributed by atoms with Crippen LogP contribution in [0.3, 0.4) is 0 Å². The van der Waals surface area contributed by atoms with Gasteiger partial charge in [-0.1, -0.05) is 6.58 Å². The standard InChI is InChI=1S/C20H20N4O4.CH5N/c1-12(21)19-16-8-7-15(9-17(16)24-20(19)22-11-25)28-14-5-3-13(4-6-14)23-18(26)10-27-2;1-2/h3-9,11,24H,1,10,21H2,2H3,(H,22,25)(H,23,26);2H2,1H3. The summed E-state index contributed by atoms with van der Waals surface area (Å²) >= 11 is 0. The van der Waals surface area contributed by atoms with Crippen molar-refractivity contribution in [1.82, 2.24) is 4.98 Å². The number of nitrogens with one attached hydrogen (secondary N) is 3. The van der Waals surface area contributed by atoms with Crippen LogP contribution in [0, 0.1) is 0 Å². The fraction of sp³-hybridized carbons (Fsp3) is 0.143. The van der Waals surface area contributed by atoms with Crippen LogP contribution in [0.4, 0.5) is 11.5 Å². The van der Waals surface area contributed by atoms with E-state index in [1.165, 1.54) is 14.2 Å². The Morgan fingerprint density at radius 1 is 1.17 bits per heavy atom. The minimum absolute atomic E-state index is 0.00737. The molecule has 3 aromatic rings. The molecule has 9 heteroatoms. The zero-order valence-electron chi connectivity index (χ0n) is 16.8. The van der Waals surface area contributed by atoms with Gasteiger partial charge in [-0.25, -0.2) is 0 Å². The fourth-order valence-electron chi connectivity index (χ4n) is 2.81. The number of fused-ring (bicyclic) bond motifs is 1.